The highest BCUT2D eigenvalue weighted by atomic mass is 19.1. The molecule has 80 valence electrons. The predicted octanol–water partition coefficient (Wildman–Crippen LogP) is 2.56. The fraction of sp³-hybridized carbons (Fsp3) is 0.400. The lowest BCUT2D eigenvalue weighted by Crippen LogP contribution is -2.03. The molecule has 1 saturated carbocycles. The molecule has 1 aromatic carbocycles. The monoisotopic (exact) mass is 210 g/mol. The Kier molecular flexibility index (Phi) is 2.53. The molecular weight excluding hydrogens is 199 g/mol. The average Bonchev–Trinajstić information content (AvgIpc) is 2.97. The van der Waals surface area contributed by atoms with Crippen LogP contribution in [0.3, 0.4) is 0 Å². The minimum atomic E-state index is -0.791. The number of halogens is 1. The second kappa shape index (κ2) is 3.84. The standard InChI is InChI=1S/C10H11FN2O2/c11-9-5-8(12-6-7-1-2-7)3-4-10(9)13(14)15/h3-5,7,12H,1-2,6H2. The first kappa shape index (κ1) is 9.89. The highest BCUT2D eigenvalue weighted by Crippen LogP contribution is 2.29. The van der Waals surface area contributed by atoms with Crippen molar-refractivity contribution in [2.24, 2.45) is 5.92 Å². The van der Waals surface area contributed by atoms with Crippen LogP contribution in [0.4, 0.5) is 15.8 Å². The van der Waals surface area contributed by atoms with Gasteiger partial charge in [-0.3, -0.25) is 10.1 Å². The topological polar surface area (TPSA) is 55.2 Å². The zero-order chi connectivity index (χ0) is 10.8. The maximum absolute atomic E-state index is 13.2. The van der Waals surface area contributed by atoms with Crippen molar-refractivity contribution >= 4 is 11.4 Å². The molecule has 1 N–H and O–H groups in total. The van der Waals surface area contributed by atoms with E-state index < -0.39 is 16.4 Å². The van der Waals surface area contributed by atoms with E-state index in [0.29, 0.717) is 11.6 Å². The van der Waals surface area contributed by atoms with Crippen LogP contribution in [0.2, 0.25) is 0 Å². The number of hydrogen-bond acceptors (Lipinski definition) is 3. The molecule has 0 radical (unpaired) electrons. The first-order valence-electron chi connectivity index (χ1n) is 4.84. The van der Waals surface area contributed by atoms with Crippen molar-refractivity contribution in [2.45, 2.75) is 12.8 Å². The van der Waals surface area contributed by atoms with Crippen molar-refractivity contribution in [3.8, 4) is 0 Å². The Hall–Kier alpha value is -1.65. The van der Waals surface area contributed by atoms with Crippen LogP contribution in [0.5, 0.6) is 0 Å². The summed E-state index contributed by atoms with van der Waals surface area (Å²) >= 11 is 0. The van der Waals surface area contributed by atoms with Crippen molar-refractivity contribution in [3.63, 3.8) is 0 Å². The van der Waals surface area contributed by atoms with Crippen LogP contribution >= 0.6 is 0 Å². The summed E-state index contributed by atoms with van der Waals surface area (Å²) in [5.41, 5.74) is 0.122. The van der Waals surface area contributed by atoms with E-state index in [1.807, 2.05) is 0 Å². The van der Waals surface area contributed by atoms with Crippen LogP contribution in [-0.4, -0.2) is 11.5 Å². The Morgan fingerprint density at radius 1 is 1.53 bits per heavy atom. The van der Waals surface area contributed by atoms with Crippen LogP contribution in [0.15, 0.2) is 18.2 Å². The number of anilines is 1. The van der Waals surface area contributed by atoms with Crippen molar-refractivity contribution in [2.75, 3.05) is 11.9 Å². The van der Waals surface area contributed by atoms with E-state index in [0.717, 1.165) is 6.54 Å². The largest absolute Gasteiger partial charge is 0.385 e. The Morgan fingerprint density at radius 2 is 2.27 bits per heavy atom. The van der Waals surface area contributed by atoms with E-state index in [4.69, 9.17) is 0 Å². The molecule has 0 heterocycles. The summed E-state index contributed by atoms with van der Waals surface area (Å²) in [6, 6.07) is 3.88. The lowest BCUT2D eigenvalue weighted by Gasteiger charge is -2.04. The van der Waals surface area contributed by atoms with Crippen LogP contribution < -0.4 is 5.32 Å². The molecule has 0 saturated heterocycles. The molecule has 1 aromatic rings. The van der Waals surface area contributed by atoms with Crippen molar-refractivity contribution in [1.82, 2.24) is 0 Å². The predicted molar refractivity (Wildman–Crippen MR) is 54.3 cm³/mol. The maximum Gasteiger partial charge on any atom is 0.304 e. The minimum Gasteiger partial charge on any atom is -0.385 e. The molecule has 2 rings (SSSR count). The third-order valence-electron chi connectivity index (χ3n) is 2.44. The fourth-order valence-electron chi connectivity index (χ4n) is 1.35. The van der Waals surface area contributed by atoms with Gasteiger partial charge in [0.25, 0.3) is 0 Å². The highest BCUT2D eigenvalue weighted by molar-refractivity contribution is 5.49. The molecule has 15 heavy (non-hydrogen) atoms. The Bertz CT molecular complexity index is 391. The van der Waals surface area contributed by atoms with Crippen molar-refractivity contribution in [1.29, 1.82) is 0 Å². The van der Waals surface area contributed by atoms with Gasteiger partial charge in [-0.2, -0.15) is 4.39 Å². The second-order valence-electron chi connectivity index (χ2n) is 3.75. The number of rotatable bonds is 4. The Balaban J connectivity index is 2.06. The van der Waals surface area contributed by atoms with Crippen LogP contribution in [0.1, 0.15) is 12.8 Å². The summed E-state index contributed by atoms with van der Waals surface area (Å²) in [4.78, 5) is 9.63. The minimum absolute atomic E-state index is 0.480. The quantitative estimate of drug-likeness (QED) is 0.613. The molecule has 1 aliphatic rings. The van der Waals surface area contributed by atoms with E-state index in [-0.39, 0.29) is 0 Å². The van der Waals surface area contributed by atoms with Gasteiger partial charge in [-0.1, -0.05) is 0 Å². The molecule has 1 aliphatic carbocycles. The third kappa shape index (κ3) is 2.43. The Labute approximate surface area is 86.3 Å². The Morgan fingerprint density at radius 3 is 2.80 bits per heavy atom. The molecule has 0 aromatic heterocycles. The smallest absolute Gasteiger partial charge is 0.304 e. The van der Waals surface area contributed by atoms with Crippen LogP contribution in [0, 0.1) is 21.8 Å². The lowest BCUT2D eigenvalue weighted by molar-refractivity contribution is -0.387. The number of nitrogens with zero attached hydrogens (tertiary/aromatic N) is 1. The molecule has 0 amide bonds. The summed E-state index contributed by atoms with van der Waals surface area (Å²) in [5.74, 6) is -0.107. The number of nitrogens with one attached hydrogen (secondary N) is 1. The molecule has 0 aliphatic heterocycles. The molecular formula is C10H11FN2O2. The van der Waals surface area contributed by atoms with Gasteiger partial charge in [-0.25, -0.2) is 0 Å². The van der Waals surface area contributed by atoms with Crippen LogP contribution in [0.25, 0.3) is 0 Å². The van der Waals surface area contributed by atoms with E-state index in [2.05, 4.69) is 5.32 Å². The van der Waals surface area contributed by atoms with Gasteiger partial charge in [0, 0.05) is 24.4 Å². The maximum atomic E-state index is 13.2. The molecule has 1 fully saturated rings. The zero-order valence-corrected chi connectivity index (χ0v) is 8.07. The molecule has 5 heteroatoms. The first-order chi connectivity index (χ1) is 7.16. The molecule has 0 unspecified atom stereocenters. The van der Waals surface area contributed by atoms with Gasteiger partial charge in [-0.15, -0.1) is 0 Å². The van der Waals surface area contributed by atoms with E-state index in [9.17, 15) is 14.5 Å². The van der Waals surface area contributed by atoms with E-state index in [1.54, 1.807) is 0 Å². The summed E-state index contributed by atoms with van der Waals surface area (Å²) in [6.07, 6.45) is 2.42. The van der Waals surface area contributed by atoms with E-state index >= 15 is 0 Å². The molecule has 4 nitrogen and oxygen atoms in total. The van der Waals surface area contributed by atoms with Gasteiger partial charge in [-0.05, 0) is 24.8 Å². The molecule has 0 atom stereocenters. The van der Waals surface area contributed by atoms with Gasteiger partial charge < -0.3 is 5.32 Å². The van der Waals surface area contributed by atoms with Gasteiger partial charge in [0.2, 0.25) is 5.82 Å². The second-order valence-corrected chi connectivity index (χ2v) is 3.75. The fourth-order valence-corrected chi connectivity index (χ4v) is 1.35. The van der Waals surface area contributed by atoms with Gasteiger partial charge in [0.15, 0.2) is 0 Å². The first-order valence-corrected chi connectivity index (χ1v) is 4.84. The molecule has 0 spiro atoms. The zero-order valence-electron chi connectivity index (χ0n) is 8.07. The average molecular weight is 210 g/mol. The summed E-state index contributed by atoms with van der Waals surface area (Å²) in [6.45, 7) is 0.817. The van der Waals surface area contributed by atoms with Crippen LogP contribution in [-0.2, 0) is 0 Å². The van der Waals surface area contributed by atoms with Crippen molar-refractivity contribution in [3.05, 3.63) is 34.1 Å². The van der Waals surface area contributed by atoms with Crippen molar-refractivity contribution < 1.29 is 9.31 Å². The normalized spacial score (nSPS) is 15.0. The summed E-state index contributed by atoms with van der Waals surface area (Å²) in [5, 5.41) is 13.4. The SMILES string of the molecule is O=[N+]([O-])c1ccc(NCC2CC2)cc1F. The summed E-state index contributed by atoms with van der Waals surface area (Å²) in [7, 11) is 0. The van der Waals surface area contributed by atoms with E-state index in [1.165, 1.54) is 31.0 Å². The third-order valence-corrected chi connectivity index (χ3v) is 2.44. The highest BCUT2D eigenvalue weighted by Gasteiger charge is 2.21. The van der Waals surface area contributed by atoms with Gasteiger partial charge in [0.05, 0.1) is 4.92 Å². The number of nitro groups is 1. The lowest BCUT2D eigenvalue weighted by atomic mass is 10.2. The van der Waals surface area contributed by atoms with Gasteiger partial charge in [0.1, 0.15) is 0 Å². The molecule has 0 bridgehead atoms. The van der Waals surface area contributed by atoms with Gasteiger partial charge >= 0.3 is 5.69 Å². The number of nitro benzene ring substituents is 1. The summed E-state index contributed by atoms with van der Waals surface area (Å²) < 4.78 is 13.2. The number of benzene rings is 1. The number of hydrogen-bond donors (Lipinski definition) is 1.